The van der Waals surface area contributed by atoms with Gasteiger partial charge in [0.2, 0.25) is 0 Å². The Labute approximate surface area is 219 Å². The van der Waals surface area contributed by atoms with Crippen LogP contribution in [-0.2, 0) is 0 Å². The van der Waals surface area contributed by atoms with Gasteiger partial charge in [0.1, 0.15) is 11.4 Å². The van der Waals surface area contributed by atoms with Crippen molar-refractivity contribution < 1.29 is 96.4 Å². The van der Waals surface area contributed by atoms with Crippen LogP contribution in [0.5, 0.6) is 11.5 Å². The summed E-state index contributed by atoms with van der Waals surface area (Å²) in [7, 11) is 1.43. The number of benzene rings is 2. The van der Waals surface area contributed by atoms with Crippen molar-refractivity contribution in [3.63, 3.8) is 0 Å². The van der Waals surface area contributed by atoms with Crippen LogP contribution in [0, 0.1) is 107 Å². The number of halogens is 1. The van der Waals surface area contributed by atoms with Crippen LogP contribution >= 0.6 is 0 Å². The Kier molecular flexibility index (Phi) is 20.5. The van der Waals surface area contributed by atoms with Gasteiger partial charge in [-0.05, 0) is 32.9 Å². The fourth-order valence-corrected chi connectivity index (χ4v) is 1.50. The Balaban J connectivity index is -0.000000375. The Morgan fingerprint density at radius 1 is 1.00 bits per heavy atom. The summed E-state index contributed by atoms with van der Waals surface area (Å²) in [5.74, 6) is 0.330. The van der Waals surface area contributed by atoms with Crippen LogP contribution in [0.15, 0.2) is 36.4 Å². The van der Waals surface area contributed by atoms with Gasteiger partial charge in [0.15, 0.2) is 11.6 Å². The Morgan fingerprint density at radius 2 is 1.52 bits per heavy atom. The van der Waals surface area contributed by atoms with Crippen LogP contribution in [0.4, 0.5) is 4.39 Å². The number of methoxy groups -OCH3 is 1. The van der Waals surface area contributed by atoms with E-state index in [9.17, 15) is 4.39 Å². The molecule has 0 fully saturated rings. The molecular formula is C20H27FO2Pr2-2. The third-order valence-corrected chi connectivity index (χ3v) is 2.34. The maximum absolute atomic E-state index is 13.2. The van der Waals surface area contributed by atoms with E-state index in [-0.39, 0.29) is 93.9 Å². The van der Waals surface area contributed by atoms with Crippen LogP contribution in [0.25, 0.3) is 0 Å². The maximum Gasteiger partial charge on any atom is 0.168 e. The van der Waals surface area contributed by atoms with Crippen molar-refractivity contribution in [2.24, 2.45) is 0 Å². The molecule has 0 spiro atoms. The summed E-state index contributed by atoms with van der Waals surface area (Å²) in [6.45, 7) is 11.7. The first-order valence-corrected chi connectivity index (χ1v) is 7.69. The van der Waals surface area contributed by atoms with E-state index in [1.54, 1.807) is 12.1 Å². The molecule has 0 amide bonds. The summed E-state index contributed by atoms with van der Waals surface area (Å²) in [6, 6.07) is 16.2. The Morgan fingerprint density at radius 3 is 1.84 bits per heavy atom. The second-order valence-corrected chi connectivity index (χ2v) is 5.45. The largest absolute Gasteiger partial charge is 0.494 e. The third kappa shape index (κ3) is 15.4. The van der Waals surface area contributed by atoms with E-state index in [4.69, 9.17) is 9.47 Å². The van der Waals surface area contributed by atoms with Gasteiger partial charge in [0.25, 0.3) is 0 Å². The van der Waals surface area contributed by atoms with E-state index in [0.29, 0.717) is 5.75 Å². The summed E-state index contributed by atoms with van der Waals surface area (Å²) in [5, 5.41) is 0. The number of ether oxygens (including phenoxy) is 2. The first kappa shape index (κ1) is 30.4. The van der Waals surface area contributed by atoms with E-state index < -0.39 is 5.82 Å². The van der Waals surface area contributed by atoms with Gasteiger partial charge in [-0.1, -0.05) is 20.8 Å². The second kappa shape index (κ2) is 16.8. The molecule has 5 heteroatoms. The summed E-state index contributed by atoms with van der Waals surface area (Å²) in [6.07, 6.45) is 0. The van der Waals surface area contributed by atoms with Crippen LogP contribution in [-0.4, -0.2) is 12.7 Å². The van der Waals surface area contributed by atoms with Crippen molar-refractivity contribution >= 4 is 0 Å². The molecule has 0 saturated heterocycles. The minimum atomic E-state index is -0.408. The molecule has 25 heavy (non-hydrogen) atoms. The first-order chi connectivity index (χ1) is 10.8. The van der Waals surface area contributed by atoms with Gasteiger partial charge in [0, 0.05) is 88.6 Å². The molecule has 0 aliphatic carbocycles. The SMILES string of the molecule is CC.COc1ccc(OC(C)(C)C)cc1F.Cc1[c-]ccc[c-]1.[Pr].[Pr]. The van der Waals surface area contributed by atoms with Crippen molar-refractivity contribution in [2.45, 2.75) is 47.1 Å². The van der Waals surface area contributed by atoms with Crippen molar-refractivity contribution in [3.8, 4) is 11.5 Å². The van der Waals surface area contributed by atoms with E-state index in [0.717, 1.165) is 5.56 Å². The van der Waals surface area contributed by atoms with Crippen molar-refractivity contribution in [1.29, 1.82) is 0 Å². The van der Waals surface area contributed by atoms with Crippen molar-refractivity contribution in [2.75, 3.05) is 7.11 Å². The summed E-state index contributed by atoms with van der Waals surface area (Å²) < 4.78 is 23.5. The fourth-order valence-electron chi connectivity index (χ4n) is 1.50. The predicted molar refractivity (Wildman–Crippen MR) is 93.5 cm³/mol. The molecule has 0 aliphatic rings. The fraction of sp³-hybridized carbons (Fsp3) is 0.400. The molecule has 2 nitrogen and oxygen atoms in total. The van der Waals surface area contributed by atoms with Crippen LogP contribution in [0.3, 0.4) is 0 Å². The predicted octanol–water partition coefficient (Wildman–Crippen LogP) is 5.63. The normalized spacial score (nSPS) is 8.96. The zero-order chi connectivity index (χ0) is 17.9. The minimum Gasteiger partial charge on any atom is -0.494 e. The minimum absolute atomic E-state index is 0. The molecule has 0 aromatic heterocycles. The van der Waals surface area contributed by atoms with Gasteiger partial charge in [-0.3, -0.25) is 23.8 Å². The molecule has 0 unspecified atom stereocenters. The molecule has 2 rings (SSSR count). The average Bonchev–Trinajstić information content (AvgIpc) is 2.49. The molecule has 0 saturated carbocycles. The molecule has 0 bridgehead atoms. The average molecular weight is 600 g/mol. The molecule has 2 aromatic carbocycles. The number of hydrogen-bond acceptors (Lipinski definition) is 2. The topological polar surface area (TPSA) is 18.5 Å². The molecule has 2 aromatic rings. The molecular weight excluding hydrogens is 573 g/mol. The molecule has 0 heterocycles. The van der Waals surface area contributed by atoms with Gasteiger partial charge in [-0.15, -0.1) is 0 Å². The summed E-state index contributed by atoms with van der Waals surface area (Å²) in [4.78, 5) is 0. The molecule has 0 N–H and O–H groups in total. The van der Waals surface area contributed by atoms with Gasteiger partial charge >= 0.3 is 0 Å². The quantitative estimate of drug-likeness (QED) is 0.417. The Hall–Kier alpha value is 0.697. The summed E-state index contributed by atoms with van der Waals surface area (Å²) in [5.41, 5.74) is 0.753. The molecule has 134 valence electrons. The third-order valence-electron chi connectivity index (χ3n) is 2.34. The molecule has 0 atom stereocenters. The molecule has 0 aliphatic heterocycles. The summed E-state index contributed by atoms with van der Waals surface area (Å²) >= 11 is 0. The molecule has 2 radical (unpaired) electrons. The number of rotatable bonds is 2. The Bertz CT molecular complexity index is 555. The zero-order valence-electron chi connectivity index (χ0n) is 16.3. The number of aryl methyl sites for hydroxylation is 1. The maximum atomic E-state index is 13.2. The van der Waals surface area contributed by atoms with Gasteiger partial charge < -0.3 is 21.6 Å². The van der Waals surface area contributed by atoms with Crippen molar-refractivity contribution in [3.05, 3.63) is 59.9 Å². The van der Waals surface area contributed by atoms with E-state index >= 15 is 0 Å². The van der Waals surface area contributed by atoms with Crippen molar-refractivity contribution in [1.82, 2.24) is 0 Å². The standard InChI is InChI=1S/C11H15FO2.C7H6.C2H6.2Pr/c1-11(2,3)14-8-5-6-10(13-4)9(12)7-8;1-7-5-3-2-4-6-7;1-2;;/h5-7H,1-4H3;2-4H,1H3;1-2H3;;/q;-2;;;. The monoisotopic (exact) mass is 600 g/mol. The second-order valence-electron chi connectivity index (χ2n) is 5.45. The van der Waals surface area contributed by atoms with Crippen LogP contribution in [0.2, 0.25) is 0 Å². The zero-order valence-corrected chi connectivity index (χ0v) is 23.7. The van der Waals surface area contributed by atoms with Crippen LogP contribution < -0.4 is 9.47 Å². The van der Waals surface area contributed by atoms with Crippen LogP contribution in [0.1, 0.15) is 40.2 Å². The van der Waals surface area contributed by atoms with Gasteiger partial charge in [-0.25, -0.2) is 4.39 Å². The number of hydrogen-bond donors (Lipinski definition) is 0. The van der Waals surface area contributed by atoms with Gasteiger partial charge in [0.05, 0.1) is 7.11 Å². The van der Waals surface area contributed by atoms with E-state index in [1.807, 2.05) is 59.7 Å². The van der Waals surface area contributed by atoms with Gasteiger partial charge in [-0.2, -0.15) is 0 Å². The first-order valence-electron chi connectivity index (χ1n) is 7.69. The smallest absolute Gasteiger partial charge is 0.168 e. The van der Waals surface area contributed by atoms with E-state index in [2.05, 4.69) is 12.1 Å². The van der Waals surface area contributed by atoms with E-state index in [1.165, 1.54) is 13.2 Å².